The van der Waals surface area contributed by atoms with Crippen LogP contribution in [0, 0.1) is 0 Å². The normalized spacial score (nSPS) is 11.2. The maximum absolute atomic E-state index is 12.4. The van der Waals surface area contributed by atoms with Crippen LogP contribution in [0.1, 0.15) is 0 Å². The molecule has 5 rings (SSSR count). The van der Waals surface area contributed by atoms with Crippen molar-refractivity contribution in [3.05, 3.63) is 77.2 Å². The molecule has 5 aromatic rings. The smallest absolute Gasteiger partial charge is 0.263 e. The summed E-state index contributed by atoms with van der Waals surface area (Å²) in [6.07, 6.45) is 1.55. The van der Waals surface area contributed by atoms with E-state index in [0.29, 0.717) is 22.8 Å². The molecule has 0 aliphatic heterocycles. The third kappa shape index (κ3) is 2.16. The lowest BCUT2D eigenvalue weighted by Crippen LogP contribution is -2.12. The molecule has 0 radical (unpaired) electrons. The fraction of sp³-hybridized carbons (Fsp3) is 0. The van der Waals surface area contributed by atoms with Crippen LogP contribution in [0.5, 0.6) is 0 Å². The van der Waals surface area contributed by atoms with Crippen molar-refractivity contribution < 1.29 is 0 Å². The van der Waals surface area contributed by atoms with Gasteiger partial charge in [0.25, 0.3) is 5.56 Å². The van der Waals surface area contributed by atoms with Gasteiger partial charge in [0.1, 0.15) is 5.39 Å². The Labute approximate surface area is 146 Å². The van der Waals surface area contributed by atoms with Crippen molar-refractivity contribution in [2.45, 2.75) is 0 Å². The maximum Gasteiger partial charge on any atom is 0.263 e. The second kappa shape index (κ2) is 5.55. The first-order valence-electron chi connectivity index (χ1n) is 8.04. The first-order chi connectivity index (χ1) is 12.8. The summed E-state index contributed by atoms with van der Waals surface area (Å²) in [5, 5.41) is 16.4. The fourth-order valence-electron chi connectivity index (χ4n) is 2.94. The minimum Gasteiger partial charge on any atom is -0.324 e. The number of hydrogen-bond acceptors (Lipinski definition) is 5. The van der Waals surface area contributed by atoms with Crippen LogP contribution in [0.15, 0.2) is 71.7 Å². The van der Waals surface area contributed by atoms with Gasteiger partial charge in [0.15, 0.2) is 5.65 Å². The van der Waals surface area contributed by atoms with E-state index in [1.54, 1.807) is 15.3 Å². The first-order valence-corrected chi connectivity index (χ1v) is 8.04. The van der Waals surface area contributed by atoms with E-state index in [9.17, 15) is 4.79 Å². The lowest BCUT2D eigenvalue weighted by atomic mass is 10.3. The third-order valence-corrected chi connectivity index (χ3v) is 4.12. The number of nitrogens with zero attached hydrogens (tertiary/aromatic N) is 5. The van der Waals surface area contributed by atoms with Crippen LogP contribution in [0.25, 0.3) is 22.5 Å². The van der Waals surface area contributed by atoms with Crippen molar-refractivity contribution in [3.63, 3.8) is 0 Å². The number of aromatic nitrogens is 6. The van der Waals surface area contributed by atoms with Gasteiger partial charge >= 0.3 is 0 Å². The van der Waals surface area contributed by atoms with Gasteiger partial charge in [-0.15, -0.1) is 10.2 Å². The van der Waals surface area contributed by atoms with Crippen molar-refractivity contribution in [2.75, 3.05) is 5.32 Å². The number of hydrogen-bond donors (Lipinski definition) is 2. The summed E-state index contributed by atoms with van der Waals surface area (Å²) in [7, 11) is 0. The van der Waals surface area contributed by atoms with E-state index in [2.05, 4.69) is 25.6 Å². The molecule has 0 amide bonds. The zero-order chi connectivity index (χ0) is 17.5. The van der Waals surface area contributed by atoms with Gasteiger partial charge < -0.3 is 5.32 Å². The molecule has 3 aromatic heterocycles. The minimum atomic E-state index is -0.256. The largest absolute Gasteiger partial charge is 0.324 e. The molecule has 26 heavy (non-hydrogen) atoms. The van der Waals surface area contributed by atoms with Crippen molar-refractivity contribution >= 4 is 28.4 Å². The third-order valence-electron chi connectivity index (χ3n) is 4.12. The molecule has 0 saturated carbocycles. The van der Waals surface area contributed by atoms with Gasteiger partial charge in [0.05, 0.1) is 11.9 Å². The Kier molecular flexibility index (Phi) is 3.08. The second-order valence-electron chi connectivity index (χ2n) is 5.76. The predicted octanol–water partition coefficient (Wildman–Crippen LogP) is 2.50. The molecule has 0 atom stereocenters. The van der Waals surface area contributed by atoms with Crippen LogP contribution in [0.2, 0.25) is 0 Å². The van der Waals surface area contributed by atoms with E-state index in [0.717, 1.165) is 11.4 Å². The number of aromatic amines is 1. The lowest BCUT2D eigenvalue weighted by Gasteiger charge is -2.08. The maximum atomic E-state index is 12.4. The summed E-state index contributed by atoms with van der Waals surface area (Å²) < 4.78 is 3.46. The van der Waals surface area contributed by atoms with E-state index in [1.165, 1.54) is 0 Å². The van der Waals surface area contributed by atoms with E-state index in [4.69, 9.17) is 0 Å². The Bertz CT molecular complexity index is 1270. The van der Waals surface area contributed by atoms with Gasteiger partial charge in [-0.2, -0.15) is 5.10 Å². The van der Waals surface area contributed by atoms with Gasteiger partial charge in [0.2, 0.25) is 11.7 Å². The lowest BCUT2D eigenvalue weighted by molar-refractivity contribution is 0.886. The highest BCUT2D eigenvalue weighted by atomic mass is 16.1. The summed E-state index contributed by atoms with van der Waals surface area (Å²) >= 11 is 0. The molecule has 0 aliphatic carbocycles. The number of fused-ring (bicyclic) bond motifs is 3. The standard InChI is InChI=1S/C18H13N7O/c26-15-14-11-19-25(13-9-5-2-6-10-13)16(14)24-17(22-23-18(24)21-15)20-12-7-3-1-4-8-12/h1-11H,(H,20,22)(H,21,23,26). The summed E-state index contributed by atoms with van der Waals surface area (Å²) in [6, 6.07) is 19.3. The van der Waals surface area contributed by atoms with Crippen molar-refractivity contribution in [1.82, 2.24) is 29.4 Å². The molecule has 0 aliphatic rings. The molecule has 0 spiro atoms. The second-order valence-corrected chi connectivity index (χ2v) is 5.76. The Morgan fingerprint density at radius 1 is 0.923 bits per heavy atom. The summed E-state index contributed by atoms with van der Waals surface area (Å²) in [4.78, 5) is 15.1. The van der Waals surface area contributed by atoms with Crippen LogP contribution >= 0.6 is 0 Å². The highest BCUT2D eigenvalue weighted by Gasteiger charge is 2.17. The van der Waals surface area contributed by atoms with Crippen LogP contribution in [-0.2, 0) is 0 Å². The first kappa shape index (κ1) is 14.4. The van der Waals surface area contributed by atoms with Crippen LogP contribution in [-0.4, -0.2) is 29.4 Å². The average molecular weight is 343 g/mol. The predicted molar refractivity (Wildman–Crippen MR) is 98.0 cm³/mol. The molecule has 2 aromatic carbocycles. The van der Waals surface area contributed by atoms with E-state index in [-0.39, 0.29) is 5.56 Å². The number of anilines is 2. The monoisotopic (exact) mass is 343 g/mol. The Morgan fingerprint density at radius 3 is 2.42 bits per heavy atom. The molecule has 8 heteroatoms. The van der Waals surface area contributed by atoms with Gasteiger partial charge in [-0.05, 0) is 24.3 Å². The zero-order valence-electron chi connectivity index (χ0n) is 13.5. The van der Waals surface area contributed by atoms with Gasteiger partial charge in [-0.3, -0.25) is 9.78 Å². The molecule has 0 fully saturated rings. The molecular formula is C18H13N7O. The van der Waals surface area contributed by atoms with Crippen LogP contribution in [0.4, 0.5) is 11.6 Å². The fourth-order valence-corrected chi connectivity index (χ4v) is 2.94. The molecule has 0 saturated heterocycles. The molecule has 2 N–H and O–H groups in total. The molecule has 0 unspecified atom stereocenters. The molecule has 8 nitrogen and oxygen atoms in total. The van der Waals surface area contributed by atoms with Crippen molar-refractivity contribution in [2.24, 2.45) is 0 Å². The number of para-hydroxylation sites is 2. The SMILES string of the molecule is O=c1[nH]c2nnc(Nc3ccccc3)n2c2c1cnn2-c1ccccc1. The van der Waals surface area contributed by atoms with Crippen molar-refractivity contribution in [1.29, 1.82) is 0 Å². The number of nitrogens with one attached hydrogen (secondary N) is 2. The molecule has 3 heterocycles. The molecular weight excluding hydrogens is 330 g/mol. The Balaban J connectivity index is 1.81. The van der Waals surface area contributed by atoms with E-state index in [1.807, 2.05) is 60.7 Å². The average Bonchev–Trinajstić information content (AvgIpc) is 3.28. The van der Waals surface area contributed by atoms with E-state index < -0.39 is 0 Å². The number of benzene rings is 2. The molecule has 0 bridgehead atoms. The Hall–Kier alpha value is -3.94. The highest BCUT2D eigenvalue weighted by Crippen LogP contribution is 2.21. The van der Waals surface area contributed by atoms with Gasteiger partial charge in [0, 0.05) is 5.69 Å². The summed E-state index contributed by atoms with van der Waals surface area (Å²) in [5.74, 6) is 0.837. The van der Waals surface area contributed by atoms with Crippen molar-refractivity contribution in [3.8, 4) is 5.69 Å². The number of rotatable bonds is 3. The quantitative estimate of drug-likeness (QED) is 0.525. The summed E-state index contributed by atoms with van der Waals surface area (Å²) in [5.41, 5.74) is 2.05. The van der Waals surface area contributed by atoms with E-state index >= 15 is 0 Å². The van der Waals surface area contributed by atoms with Gasteiger partial charge in [-0.25, -0.2) is 9.08 Å². The molecule has 126 valence electrons. The number of H-pyrrole nitrogens is 1. The van der Waals surface area contributed by atoms with Gasteiger partial charge in [-0.1, -0.05) is 36.4 Å². The zero-order valence-corrected chi connectivity index (χ0v) is 13.5. The minimum absolute atomic E-state index is 0.256. The summed E-state index contributed by atoms with van der Waals surface area (Å²) in [6.45, 7) is 0. The van der Waals surface area contributed by atoms with Crippen LogP contribution in [0.3, 0.4) is 0 Å². The Morgan fingerprint density at radius 2 is 1.65 bits per heavy atom. The topological polar surface area (TPSA) is 92.9 Å². The van der Waals surface area contributed by atoms with Crippen LogP contribution < -0.4 is 10.9 Å². The highest BCUT2D eigenvalue weighted by molar-refractivity contribution is 5.79.